The molecule has 2 heterocycles. The Labute approximate surface area is 276 Å². The molecule has 48 heavy (non-hydrogen) atoms. The van der Waals surface area contributed by atoms with Crippen LogP contribution in [0.5, 0.6) is 0 Å². The predicted molar refractivity (Wildman–Crippen MR) is 170 cm³/mol. The highest BCUT2D eigenvalue weighted by molar-refractivity contribution is 5.99. The fraction of sp³-hybridized carbons (Fsp3) is 0.455. The number of alkyl carbamates (subject to hydrolysis) is 1. The minimum Gasteiger partial charge on any atom is -0.444 e. The number of hydrogen-bond acceptors (Lipinski definition) is 9. The third-order valence-corrected chi connectivity index (χ3v) is 6.76. The lowest BCUT2D eigenvalue weighted by Gasteiger charge is -2.24. The number of alkyl halides is 3. The van der Waals surface area contributed by atoms with E-state index in [-0.39, 0.29) is 18.5 Å². The van der Waals surface area contributed by atoms with Crippen molar-refractivity contribution in [2.24, 2.45) is 10.1 Å². The minimum atomic E-state index is -4.40. The molecule has 1 aliphatic rings. The highest BCUT2D eigenvalue weighted by Gasteiger charge is 2.33. The Bertz CT molecular complexity index is 1640. The van der Waals surface area contributed by atoms with Crippen molar-refractivity contribution in [3.05, 3.63) is 71.1 Å². The molecule has 1 saturated heterocycles. The Morgan fingerprint density at radius 2 is 1.62 bits per heavy atom. The summed E-state index contributed by atoms with van der Waals surface area (Å²) in [5, 5.41) is 10.8. The van der Waals surface area contributed by atoms with Crippen molar-refractivity contribution in [2.75, 3.05) is 13.1 Å². The highest BCUT2D eigenvalue weighted by atomic mass is 19.4. The van der Waals surface area contributed by atoms with Gasteiger partial charge in [-0.1, -0.05) is 46.7 Å². The molecule has 0 spiro atoms. The van der Waals surface area contributed by atoms with Gasteiger partial charge in [0.1, 0.15) is 17.8 Å². The Kier molecular flexibility index (Phi) is 10.8. The quantitative estimate of drug-likeness (QED) is 0.162. The first-order valence-electron chi connectivity index (χ1n) is 15.2. The second kappa shape index (κ2) is 14.4. The van der Waals surface area contributed by atoms with Gasteiger partial charge in [0.2, 0.25) is 17.7 Å². The Balaban J connectivity index is 1.38. The highest BCUT2D eigenvalue weighted by Crippen LogP contribution is 2.30. The number of nitrogens with one attached hydrogen (secondary N) is 1. The van der Waals surface area contributed by atoms with Crippen LogP contribution in [-0.4, -0.2) is 63.2 Å². The number of rotatable bonds is 6. The van der Waals surface area contributed by atoms with Gasteiger partial charge in [0, 0.05) is 18.7 Å². The number of amides is 2. The van der Waals surface area contributed by atoms with Crippen LogP contribution in [0.15, 0.2) is 63.2 Å². The largest absolute Gasteiger partial charge is 0.444 e. The average Bonchev–Trinajstić information content (AvgIpc) is 3.65. The Hall–Kier alpha value is -4.95. The van der Waals surface area contributed by atoms with E-state index in [0.29, 0.717) is 48.1 Å². The minimum absolute atomic E-state index is 0.00305. The van der Waals surface area contributed by atoms with E-state index in [0.717, 1.165) is 17.7 Å². The molecule has 4 rings (SSSR count). The number of halogens is 3. The molecule has 1 N–H and O–H groups in total. The number of carbonyl (C=O) groups excluding carboxylic acids is 2. The molecule has 1 fully saturated rings. The zero-order valence-corrected chi connectivity index (χ0v) is 27.8. The summed E-state index contributed by atoms with van der Waals surface area (Å²) in [6.45, 7) is 12.9. The maximum absolute atomic E-state index is 12.8. The molecular formula is C33H39F3N6O6. The first-order valence-corrected chi connectivity index (χ1v) is 15.2. The van der Waals surface area contributed by atoms with Crippen LogP contribution in [0.25, 0.3) is 11.4 Å². The van der Waals surface area contributed by atoms with Crippen LogP contribution in [0.3, 0.4) is 0 Å². The summed E-state index contributed by atoms with van der Waals surface area (Å²) in [4.78, 5) is 40.7. The van der Waals surface area contributed by atoms with E-state index in [1.807, 2.05) is 12.1 Å². The van der Waals surface area contributed by atoms with Gasteiger partial charge >= 0.3 is 18.4 Å². The van der Waals surface area contributed by atoms with Gasteiger partial charge in [-0.15, -0.1) is 4.99 Å². The third-order valence-electron chi connectivity index (χ3n) is 6.76. The number of nitrogens with zero attached hydrogens (tertiary/aromatic N) is 5. The van der Waals surface area contributed by atoms with Crippen LogP contribution in [0.4, 0.5) is 22.8 Å². The summed E-state index contributed by atoms with van der Waals surface area (Å²) < 4.78 is 54.5. The summed E-state index contributed by atoms with van der Waals surface area (Å²) in [5.41, 5.74) is 0.315. The zero-order chi connectivity index (χ0) is 35.3. The molecular weight excluding hydrogens is 633 g/mol. The van der Waals surface area contributed by atoms with Crippen molar-refractivity contribution in [1.82, 2.24) is 20.4 Å². The molecule has 1 aliphatic heterocycles. The number of hydrogen-bond donors (Lipinski definition) is 1. The molecule has 0 radical (unpaired) electrons. The number of aromatic nitrogens is 2. The number of likely N-dealkylation sites (tertiary alicyclic amines) is 1. The van der Waals surface area contributed by atoms with Crippen molar-refractivity contribution in [3.63, 3.8) is 0 Å². The molecule has 1 atom stereocenters. The van der Waals surface area contributed by atoms with Gasteiger partial charge in [0.15, 0.2) is 0 Å². The molecule has 2 amide bonds. The van der Waals surface area contributed by atoms with Gasteiger partial charge < -0.3 is 23.7 Å². The van der Waals surface area contributed by atoms with Crippen molar-refractivity contribution < 1.29 is 41.6 Å². The number of aliphatic imine (C=N–C) groups is 1. The van der Waals surface area contributed by atoms with Gasteiger partial charge in [0.25, 0.3) is 0 Å². The van der Waals surface area contributed by atoms with Gasteiger partial charge in [-0.2, -0.15) is 18.2 Å². The van der Waals surface area contributed by atoms with Crippen molar-refractivity contribution in [1.29, 1.82) is 0 Å². The van der Waals surface area contributed by atoms with Gasteiger partial charge in [0.05, 0.1) is 17.2 Å². The molecule has 2 aromatic carbocycles. The Morgan fingerprint density at radius 3 is 2.23 bits per heavy atom. The van der Waals surface area contributed by atoms with Crippen LogP contribution in [-0.2, 0) is 27.1 Å². The fourth-order valence-corrected chi connectivity index (χ4v) is 4.52. The Morgan fingerprint density at radius 1 is 0.979 bits per heavy atom. The van der Waals surface area contributed by atoms with E-state index in [2.05, 4.69) is 25.6 Å². The average molecular weight is 673 g/mol. The normalized spacial score (nSPS) is 16.1. The van der Waals surface area contributed by atoms with E-state index in [4.69, 9.17) is 18.8 Å². The van der Waals surface area contributed by atoms with Gasteiger partial charge in [-0.25, -0.2) is 9.59 Å². The molecule has 1 aromatic heterocycles. The fourth-order valence-electron chi connectivity index (χ4n) is 4.52. The molecule has 12 nitrogen and oxygen atoms in total. The number of carbonyl (C=O) groups is 2. The third kappa shape index (κ3) is 10.5. The standard InChI is InChI=1S/C33H39F3N6O6/c1-20(40-45-19-21-8-14-25(15-9-21)33(34,35)36)22-10-12-23(13-11-22)26-37-27(48-41-26)24-16-17-42(18-24)28(38-29(43)46-31(2,3)4)39-30(44)47-32(5,6)7/h8-15,24H,16-19H2,1-7H3,(H,38,39,43,44)/b40-20+/t24-/m1/s1. The number of benzene rings is 2. The predicted octanol–water partition coefficient (Wildman–Crippen LogP) is 7.30. The zero-order valence-electron chi connectivity index (χ0n) is 27.8. The van der Waals surface area contributed by atoms with Crippen LogP contribution < -0.4 is 5.32 Å². The molecule has 0 bridgehead atoms. The summed E-state index contributed by atoms with van der Waals surface area (Å²) >= 11 is 0. The van der Waals surface area contributed by atoms with E-state index in [1.165, 1.54) is 12.1 Å². The van der Waals surface area contributed by atoms with E-state index in [1.54, 1.807) is 65.5 Å². The molecule has 0 aliphatic carbocycles. The molecule has 0 saturated carbocycles. The molecule has 258 valence electrons. The maximum atomic E-state index is 12.8. The van der Waals surface area contributed by atoms with E-state index >= 15 is 0 Å². The van der Waals surface area contributed by atoms with E-state index in [9.17, 15) is 22.8 Å². The van der Waals surface area contributed by atoms with Crippen LogP contribution in [0, 0.1) is 0 Å². The number of ether oxygens (including phenoxy) is 2. The summed E-state index contributed by atoms with van der Waals surface area (Å²) in [5.74, 6) is 0.556. The monoisotopic (exact) mass is 672 g/mol. The smallest absolute Gasteiger partial charge is 0.437 e. The summed E-state index contributed by atoms with van der Waals surface area (Å²) in [6, 6.07) is 11.9. The SMILES string of the molecule is C/C(=N\OCc1ccc(C(F)(F)F)cc1)c1ccc(-c2noc([C@@H]3CCN(C(=NC(=O)OC(C)(C)C)NC(=O)OC(C)(C)C)C3)n2)cc1. The number of guanidine groups is 1. The van der Waals surface area contributed by atoms with Crippen LogP contribution >= 0.6 is 0 Å². The summed E-state index contributed by atoms with van der Waals surface area (Å²) in [7, 11) is 0. The van der Waals surface area contributed by atoms with Crippen molar-refractivity contribution in [3.8, 4) is 11.4 Å². The molecule has 3 aromatic rings. The maximum Gasteiger partial charge on any atom is 0.437 e. The van der Waals surface area contributed by atoms with Gasteiger partial charge in [-0.05, 0) is 78.1 Å². The van der Waals surface area contributed by atoms with Gasteiger partial charge in [-0.3, -0.25) is 5.32 Å². The topological polar surface area (TPSA) is 141 Å². The van der Waals surface area contributed by atoms with E-state index < -0.39 is 35.1 Å². The lowest BCUT2D eigenvalue weighted by molar-refractivity contribution is -0.137. The first kappa shape index (κ1) is 35.9. The number of oxime groups is 1. The van der Waals surface area contributed by atoms with Crippen molar-refractivity contribution >= 4 is 23.9 Å². The van der Waals surface area contributed by atoms with Crippen LogP contribution in [0.2, 0.25) is 0 Å². The lowest BCUT2D eigenvalue weighted by atomic mass is 10.1. The summed E-state index contributed by atoms with van der Waals surface area (Å²) in [6.07, 6.45) is -5.42. The second-order valence-corrected chi connectivity index (χ2v) is 13.2. The van der Waals surface area contributed by atoms with Crippen LogP contribution in [0.1, 0.15) is 83.4 Å². The first-order chi connectivity index (χ1) is 22.4. The second-order valence-electron chi connectivity index (χ2n) is 13.2. The molecule has 0 unspecified atom stereocenters. The lowest BCUT2D eigenvalue weighted by Crippen LogP contribution is -2.45. The van der Waals surface area contributed by atoms with Crippen molar-refractivity contribution in [2.45, 2.75) is 84.8 Å². The molecule has 15 heteroatoms.